The molecule has 3 aliphatic heterocycles. The maximum Gasteiger partial charge on any atom is 0.352 e. The van der Waals surface area contributed by atoms with Gasteiger partial charge in [0.25, 0.3) is 5.91 Å². The number of hydrogen-bond acceptors (Lipinski definition) is 16. The molecule has 0 spiro atoms. The number of urea groups is 1. The van der Waals surface area contributed by atoms with Crippen molar-refractivity contribution in [3.05, 3.63) is 46.7 Å². The number of imide groups is 1. The van der Waals surface area contributed by atoms with Gasteiger partial charge < -0.3 is 42.0 Å². The van der Waals surface area contributed by atoms with Crippen molar-refractivity contribution >= 4 is 71.1 Å². The first-order valence-corrected chi connectivity index (χ1v) is 18.1. The van der Waals surface area contributed by atoms with Gasteiger partial charge in [-0.3, -0.25) is 33.8 Å². The summed E-state index contributed by atoms with van der Waals surface area (Å²) >= 11 is 2.39. The van der Waals surface area contributed by atoms with Crippen LogP contribution in [0.5, 0.6) is 0 Å². The second kappa shape index (κ2) is 16.2. The van der Waals surface area contributed by atoms with Gasteiger partial charge in [-0.25, -0.2) is 19.1 Å². The highest BCUT2D eigenvalue weighted by Gasteiger charge is 2.54. The number of nitrogens with two attached hydrogens (primary N) is 2. The third-order valence-electron chi connectivity index (χ3n) is 8.58. The van der Waals surface area contributed by atoms with E-state index in [-0.39, 0.29) is 48.0 Å². The van der Waals surface area contributed by atoms with Crippen molar-refractivity contribution in [3.8, 4) is 0 Å². The molecule has 4 heterocycles. The summed E-state index contributed by atoms with van der Waals surface area (Å²) in [5.74, 6) is -7.04. The number of rotatable bonds is 14. The number of carboxylic acid groups (broad SMARTS) is 2. The lowest BCUT2D eigenvalue weighted by atomic mass is 9.96. The van der Waals surface area contributed by atoms with E-state index in [0.717, 1.165) is 4.90 Å². The van der Waals surface area contributed by atoms with Gasteiger partial charge in [-0.15, -0.1) is 16.9 Å². The van der Waals surface area contributed by atoms with E-state index in [0.29, 0.717) is 15.6 Å². The van der Waals surface area contributed by atoms with Crippen LogP contribution in [-0.4, -0.2) is 142 Å². The van der Waals surface area contributed by atoms with E-state index in [1.54, 1.807) is 14.0 Å². The molecule has 0 saturated carbocycles. The maximum atomic E-state index is 13.9. The number of likely N-dealkylation sites (N-methyl/N-ethyl adjacent to an activating group) is 1. The van der Waals surface area contributed by atoms with Gasteiger partial charge in [-0.05, 0) is 34.1 Å². The van der Waals surface area contributed by atoms with Crippen molar-refractivity contribution in [3.63, 3.8) is 0 Å². The summed E-state index contributed by atoms with van der Waals surface area (Å²) in [6, 6.07) is 1.16. The van der Waals surface area contributed by atoms with Crippen LogP contribution in [0, 0.1) is 0 Å². The SMILES string of the molecule is CCN1CCN(C(=O)N[C@@H](C(=O)N[C@@H]2C(=O)N3C(C(=O)O)=C(CSc4nnnn4C)CS[C@H]23)c2ccc(C(N)(N)C(=O)OCCC(=O)O)cc2)C(=O)C1=O. The summed E-state index contributed by atoms with van der Waals surface area (Å²) in [5, 5.41) is 34.6. The number of hydrogen-bond donors (Lipinski definition) is 6. The fraction of sp³-hybridized carbons (Fsp3) is 0.433. The number of esters is 1. The van der Waals surface area contributed by atoms with Gasteiger partial charge in [0, 0.05) is 38.2 Å². The molecule has 2 aromatic rings. The Kier molecular flexibility index (Phi) is 11.9. The van der Waals surface area contributed by atoms with Crippen LogP contribution in [-0.2, 0) is 51.0 Å². The summed E-state index contributed by atoms with van der Waals surface area (Å²) in [7, 11) is 1.62. The Balaban J connectivity index is 1.36. The third kappa shape index (κ3) is 7.99. The topological polar surface area (TPSA) is 316 Å². The standard InChI is InChI=1S/C30H35N11O11S2/c1-3-39-9-10-40(24(47)23(39)46)28(51)34-18(14-4-6-16(7-5-14)30(31,32)27(50)52-11-8-17(42)43)21(44)33-19-22(45)41-20(26(48)49)15(12-53-25(19)41)13-54-29-35-36-37-38(29)2/h4-7,18-19,25H,3,8-13,31-32H2,1-2H3,(H,33,44)(H,34,51)(H,42,43)(H,48,49)/t18-,19-,25-/m1/s1. The molecule has 2 fully saturated rings. The van der Waals surface area contributed by atoms with Crippen LogP contribution >= 0.6 is 23.5 Å². The van der Waals surface area contributed by atoms with E-state index in [4.69, 9.17) is 21.3 Å². The van der Waals surface area contributed by atoms with Crippen LogP contribution in [0.15, 0.2) is 40.7 Å². The lowest BCUT2D eigenvalue weighted by Gasteiger charge is -2.49. The van der Waals surface area contributed by atoms with Crippen molar-refractivity contribution in [1.29, 1.82) is 0 Å². The molecule has 8 N–H and O–H groups in total. The predicted octanol–water partition coefficient (Wildman–Crippen LogP) is -2.73. The molecule has 3 aliphatic rings. The average Bonchev–Trinajstić information content (AvgIpc) is 3.56. The van der Waals surface area contributed by atoms with Crippen LogP contribution in [0.4, 0.5) is 4.79 Å². The first-order chi connectivity index (χ1) is 25.6. The number of β-lactam (4-membered cyclic amide) rings is 1. The van der Waals surface area contributed by atoms with E-state index in [2.05, 4.69) is 26.2 Å². The molecular formula is C30H35N11O11S2. The van der Waals surface area contributed by atoms with Crippen molar-refractivity contribution in [1.82, 2.24) is 45.5 Å². The largest absolute Gasteiger partial charge is 0.481 e. The lowest BCUT2D eigenvalue weighted by Crippen LogP contribution is -2.71. The normalized spacial score (nSPS) is 19.2. The zero-order valence-corrected chi connectivity index (χ0v) is 30.3. The highest BCUT2D eigenvalue weighted by Crippen LogP contribution is 2.41. The molecule has 0 aliphatic carbocycles. The maximum absolute atomic E-state index is 13.9. The summed E-state index contributed by atoms with van der Waals surface area (Å²) in [6.07, 6.45) is -0.491. The van der Waals surface area contributed by atoms with Crippen LogP contribution in [0.2, 0.25) is 0 Å². The number of fused-ring (bicyclic) bond motifs is 1. The minimum Gasteiger partial charge on any atom is -0.481 e. The van der Waals surface area contributed by atoms with Gasteiger partial charge in [0.05, 0.1) is 6.42 Å². The third-order valence-corrected chi connectivity index (χ3v) is 11.0. The number of ether oxygens (including phenoxy) is 1. The molecule has 5 rings (SSSR count). The molecule has 6 amide bonds. The molecule has 288 valence electrons. The Hall–Kier alpha value is -5.59. The van der Waals surface area contributed by atoms with Crippen LogP contribution in [0.25, 0.3) is 0 Å². The number of aliphatic carboxylic acids is 2. The number of aryl methyl sites for hydroxylation is 1. The number of benzene rings is 1. The zero-order chi connectivity index (χ0) is 39.5. The molecule has 2 saturated heterocycles. The van der Waals surface area contributed by atoms with Gasteiger partial charge in [-0.2, -0.15) is 0 Å². The van der Waals surface area contributed by atoms with E-state index < -0.39 is 83.7 Å². The lowest BCUT2D eigenvalue weighted by molar-refractivity contribution is -0.153. The highest BCUT2D eigenvalue weighted by atomic mass is 32.2. The number of nitrogens with one attached hydrogen (secondary N) is 2. The van der Waals surface area contributed by atoms with Crippen molar-refractivity contribution in [2.75, 3.05) is 37.7 Å². The van der Waals surface area contributed by atoms with Gasteiger partial charge in [-0.1, -0.05) is 36.0 Å². The zero-order valence-electron chi connectivity index (χ0n) is 28.7. The number of carboxylic acids is 2. The predicted molar refractivity (Wildman–Crippen MR) is 184 cm³/mol. The quantitative estimate of drug-likeness (QED) is 0.0372. The van der Waals surface area contributed by atoms with Gasteiger partial charge in [0.2, 0.25) is 11.1 Å². The van der Waals surface area contributed by atoms with E-state index in [1.807, 2.05) is 0 Å². The number of carbonyl (C=O) groups excluding carboxylic acids is 6. The summed E-state index contributed by atoms with van der Waals surface area (Å²) < 4.78 is 6.29. The molecule has 3 atom stereocenters. The van der Waals surface area contributed by atoms with Crippen LogP contribution < -0.4 is 22.1 Å². The second-order valence-electron chi connectivity index (χ2n) is 12.0. The fourth-order valence-corrected chi connectivity index (χ4v) is 7.95. The number of aromatic nitrogens is 4. The Morgan fingerprint density at radius 3 is 2.41 bits per heavy atom. The van der Waals surface area contributed by atoms with Crippen molar-refractivity contribution in [2.24, 2.45) is 18.5 Å². The summed E-state index contributed by atoms with van der Waals surface area (Å²) in [6.45, 7) is 1.29. The molecule has 54 heavy (non-hydrogen) atoms. The second-order valence-corrected chi connectivity index (χ2v) is 14.1. The number of piperazine rings is 1. The Morgan fingerprint density at radius 2 is 1.80 bits per heavy atom. The number of thioether (sulfide) groups is 2. The van der Waals surface area contributed by atoms with Crippen LogP contribution in [0.3, 0.4) is 0 Å². The number of nitrogens with zero attached hydrogens (tertiary/aromatic N) is 7. The summed E-state index contributed by atoms with van der Waals surface area (Å²) in [4.78, 5) is 105. The van der Waals surface area contributed by atoms with E-state index >= 15 is 0 Å². The fourth-order valence-electron chi connectivity index (χ4n) is 5.62. The Labute approximate surface area is 313 Å². The molecule has 22 nitrogen and oxygen atoms in total. The monoisotopic (exact) mass is 789 g/mol. The molecule has 1 aromatic heterocycles. The first-order valence-electron chi connectivity index (χ1n) is 16.1. The van der Waals surface area contributed by atoms with Gasteiger partial charge in [0.15, 0.2) is 5.66 Å². The van der Waals surface area contributed by atoms with E-state index in [1.165, 1.54) is 57.4 Å². The van der Waals surface area contributed by atoms with Gasteiger partial charge in [0.1, 0.15) is 29.8 Å². The minimum atomic E-state index is -2.25. The molecular weight excluding hydrogens is 755 g/mol. The minimum absolute atomic E-state index is 0.0191. The average molecular weight is 790 g/mol. The number of tetrazole rings is 1. The molecule has 24 heteroatoms. The first kappa shape index (κ1) is 39.6. The van der Waals surface area contributed by atoms with Crippen molar-refractivity contribution < 1.29 is 53.3 Å². The van der Waals surface area contributed by atoms with Gasteiger partial charge >= 0.3 is 35.8 Å². The van der Waals surface area contributed by atoms with Crippen LogP contribution in [0.1, 0.15) is 30.5 Å². The number of amides is 6. The molecule has 0 unspecified atom stereocenters. The van der Waals surface area contributed by atoms with E-state index in [9.17, 15) is 43.5 Å². The molecule has 0 bridgehead atoms. The Bertz CT molecular complexity index is 1920. The Morgan fingerprint density at radius 1 is 1.09 bits per heavy atom. The molecule has 1 aromatic carbocycles. The van der Waals surface area contributed by atoms with Crippen molar-refractivity contribution in [2.45, 2.75) is 41.6 Å². The summed E-state index contributed by atoms with van der Waals surface area (Å²) in [5.41, 5.74) is 10.00. The molecule has 0 radical (unpaired) electrons. The highest BCUT2D eigenvalue weighted by molar-refractivity contribution is 8.01. The smallest absolute Gasteiger partial charge is 0.352 e. The number of carbonyl (C=O) groups is 8.